The van der Waals surface area contributed by atoms with E-state index in [1.54, 1.807) is 5.57 Å². The third kappa shape index (κ3) is 3.79. The van der Waals surface area contributed by atoms with Crippen LogP contribution in [-0.4, -0.2) is 11.2 Å². The second-order valence-electron chi connectivity index (χ2n) is 12.8. The van der Waals surface area contributed by atoms with Crippen molar-refractivity contribution in [2.24, 2.45) is 46.3 Å². The van der Waals surface area contributed by atoms with Gasteiger partial charge in [0, 0.05) is 0 Å². The molecule has 0 heterocycles. The highest BCUT2D eigenvalue weighted by molar-refractivity contribution is 5.34. The lowest BCUT2D eigenvalue weighted by atomic mass is 9.49. The van der Waals surface area contributed by atoms with Gasteiger partial charge in [-0.05, 0) is 117 Å². The molecule has 0 radical (unpaired) electrons. The molecule has 2 saturated carbocycles. The molecule has 0 aliphatic heterocycles. The highest BCUT2D eigenvalue weighted by Gasteiger charge is 2.56. The monoisotopic (exact) mass is 426 g/mol. The Balaban J connectivity index is 1.54. The molecule has 8 atom stereocenters. The smallest absolute Gasteiger partial charge is 0.0569 e. The minimum Gasteiger partial charge on any atom is -0.393 e. The van der Waals surface area contributed by atoms with Gasteiger partial charge < -0.3 is 5.11 Å². The molecule has 0 amide bonds. The van der Waals surface area contributed by atoms with Crippen molar-refractivity contribution in [2.75, 3.05) is 0 Å². The fraction of sp³-hybridized carbons (Fsp3) is 0.867. The summed E-state index contributed by atoms with van der Waals surface area (Å²) in [6, 6.07) is 0. The fourth-order valence-electron chi connectivity index (χ4n) is 9.25. The maximum Gasteiger partial charge on any atom is 0.0569 e. The van der Waals surface area contributed by atoms with Crippen LogP contribution in [0, 0.1) is 46.3 Å². The molecular formula is C30H50O. The first-order chi connectivity index (χ1) is 14.6. The van der Waals surface area contributed by atoms with E-state index in [1.807, 2.05) is 11.1 Å². The van der Waals surface area contributed by atoms with Gasteiger partial charge in [0.25, 0.3) is 0 Å². The summed E-state index contributed by atoms with van der Waals surface area (Å²) in [5.74, 6) is 4.44. The quantitative estimate of drug-likeness (QED) is 0.438. The van der Waals surface area contributed by atoms with Crippen LogP contribution in [0.15, 0.2) is 22.8 Å². The first kappa shape index (κ1) is 23.6. The Kier molecular flexibility index (Phi) is 6.59. The zero-order chi connectivity index (χ0) is 22.6. The zero-order valence-corrected chi connectivity index (χ0v) is 21.6. The van der Waals surface area contributed by atoms with Crippen LogP contribution in [0.3, 0.4) is 0 Å². The van der Waals surface area contributed by atoms with Gasteiger partial charge in [-0.1, -0.05) is 64.3 Å². The molecule has 1 nitrogen and oxygen atoms in total. The van der Waals surface area contributed by atoms with Crippen LogP contribution in [0.5, 0.6) is 0 Å². The third-order valence-electron chi connectivity index (χ3n) is 11.3. The Hall–Kier alpha value is -0.560. The summed E-state index contributed by atoms with van der Waals surface area (Å²) >= 11 is 0. The van der Waals surface area contributed by atoms with Crippen molar-refractivity contribution >= 4 is 0 Å². The Labute approximate surface area is 193 Å². The van der Waals surface area contributed by atoms with Crippen LogP contribution in [0.25, 0.3) is 0 Å². The Bertz CT molecular complexity index is 729. The molecule has 4 aliphatic rings. The standard InChI is InChI=1S/C30H50O/c1-8-22(19(2)3)10-9-20(4)24-13-14-26-23-11-12-25-21(5)28(31)16-18-30(25,7)27(23)15-17-29(24,26)6/h8,19-21,24-26,28,31H,9-18H2,1-7H3/b22-8-/t20-,21+,24-,25+,26+,28+,29-,30+/m1/s1. The topological polar surface area (TPSA) is 20.2 Å². The average molecular weight is 427 g/mol. The van der Waals surface area contributed by atoms with E-state index in [1.165, 1.54) is 57.8 Å². The van der Waals surface area contributed by atoms with E-state index in [9.17, 15) is 5.11 Å². The first-order valence-electron chi connectivity index (χ1n) is 13.7. The van der Waals surface area contributed by atoms with E-state index in [2.05, 4.69) is 54.5 Å². The van der Waals surface area contributed by atoms with Crippen LogP contribution in [0.1, 0.15) is 113 Å². The van der Waals surface area contributed by atoms with Crippen molar-refractivity contribution in [3.63, 3.8) is 0 Å². The SMILES string of the molecule is C/C=C(/CC[C@@H](C)[C@H]1CC[C@H]2C3=C(CC[C@]12C)[C@@]1(C)CC[C@H](O)[C@@H](C)[C@@H]1CC3)C(C)C. The lowest BCUT2D eigenvalue weighted by Crippen LogP contribution is -2.49. The summed E-state index contributed by atoms with van der Waals surface area (Å²) in [5, 5.41) is 10.5. The van der Waals surface area contributed by atoms with Crippen molar-refractivity contribution in [3.05, 3.63) is 22.8 Å². The third-order valence-corrected chi connectivity index (χ3v) is 11.3. The largest absolute Gasteiger partial charge is 0.393 e. The van der Waals surface area contributed by atoms with E-state index in [-0.39, 0.29) is 6.10 Å². The van der Waals surface area contributed by atoms with Crippen LogP contribution < -0.4 is 0 Å². The predicted octanol–water partition coefficient (Wildman–Crippen LogP) is 8.34. The first-order valence-corrected chi connectivity index (χ1v) is 13.7. The molecule has 1 heteroatoms. The molecule has 0 saturated heterocycles. The van der Waals surface area contributed by atoms with Gasteiger partial charge >= 0.3 is 0 Å². The maximum atomic E-state index is 10.5. The summed E-state index contributed by atoms with van der Waals surface area (Å²) < 4.78 is 0. The molecule has 0 unspecified atom stereocenters. The molecule has 31 heavy (non-hydrogen) atoms. The number of allylic oxidation sites excluding steroid dienone is 4. The minimum absolute atomic E-state index is 0.0707. The number of rotatable bonds is 5. The van der Waals surface area contributed by atoms with Gasteiger partial charge in [0.1, 0.15) is 0 Å². The van der Waals surface area contributed by atoms with E-state index in [4.69, 9.17) is 0 Å². The Morgan fingerprint density at radius 2 is 1.81 bits per heavy atom. The zero-order valence-electron chi connectivity index (χ0n) is 21.6. The van der Waals surface area contributed by atoms with Crippen molar-refractivity contribution in [1.29, 1.82) is 0 Å². The van der Waals surface area contributed by atoms with Crippen molar-refractivity contribution in [3.8, 4) is 0 Å². The molecular weight excluding hydrogens is 376 g/mol. The maximum absolute atomic E-state index is 10.5. The number of fused-ring (bicyclic) bond motifs is 4. The number of hydrogen-bond acceptors (Lipinski definition) is 1. The Morgan fingerprint density at radius 3 is 2.48 bits per heavy atom. The number of aliphatic hydroxyl groups excluding tert-OH is 1. The highest BCUT2D eigenvalue weighted by atomic mass is 16.3. The van der Waals surface area contributed by atoms with Gasteiger partial charge in [-0.2, -0.15) is 0 Å². The van der Waals surface area contributed by atoms with Crippen LogP contribution in [-0.2, 0) is 0 Å². The normalized spacial score (nSPS) is 44.2. The van der Waals surface area contributed by atoms with E-state index >= 15 is 0 Å². The average Bonchev–Trinajstić information content (AvgIpc) is 3.08. The molecule has 0 aromatic carbocycles. The molecule has 4 aliphatic carbocycles. The van der Waals surface area contributed by atoms with E-state index < -0.39 is 0 Å². The van der Waals surface area contributed by atoms with E-state index in [0.29, 0.717) is 28.6 Å². The van der Waals surface area contributed by atoms with E-state index in [0.717, 1.165) is 24.2 Å². The van der Waals surface area contributed by atoms with Gasteiger partial charge in [-0.3, -0.25) is 0 Å². The molecule has 0 bridgehead atoms. The predicted molar refractivity (Wildman–Crippen MR) is 133 cm³/mol. The van der Waals surface area contributed by atoms with Crippen molar-refractivity contribution < 1.29 is 5.11 Å². The van der Waals surface area contributed by atoms with Crippen LogP contribution >= 0.6 is 0 Å². The highest BCUT2D eigenvalue weighted by Crippen LogP contribution is 2.66. The summed E-state index contributed by atoms with van der Waals surface area (Å²) in [5.41, 5.74) is 6.32. The van der Waals surface area contributed by atoms with Gasteiger partial charge in [0.2, 0.25) is 0 Å². The fourth-order valence-corrected chi connectivity index (χ4v) is 9.25. The molecule has 2 fully saturated rings. The van der Waals surface area contributed by atoms with Crippen LogP contribution in [0.4, 0.5) is 0 Å². The molecule has 0 spiro atoms. The summed E-state index contributed by atoms with van der Waals surface area (Å²) in [6.07, 6.45) is 15.5. The lowest BCUT2D eigenvalue weighted by Gasteiger charge is -2.56. The van der Waals surface area contributed by atoms with Gasteiger partial charge in [-0.25, -0.2) is 0 Å². The lowest BCUT2D eigenvalue weighted by molar-refractivity contribution is -0.0336. The van der Waals surface area contributed by atoms with Crippen molar-refractivity contribution in [2.45, 2.75) is 119 Å². The van der Waals surface area contributed by atoms with Gasteiger partial charge in [0.05, 0.1) is 6.10 Å². The second kappa shape index (κ2) is 8.66. The number of aliphatic hydroxyl groups is 1. The second-order valence-corrected chi connectivity index (χ2v) is 12.8. The summed E-state index contributed by atoms with van der Waals surface area (Å²) in [6.45, 7) is 17.1. The summed E-state index contributed by atoms with van der Waals surface area (Å²) in [4.78, 5) is 0. The Morgan fingerprint density at radius 1 is 1.06 bits per heavy atom. The van der Waals surface area contributed by atoms with Crippen molar-refractivity contribution in [1.82, 2.24) is 0 Å². The molecule has 176 valence electrons. The molecule has 4 rings (SSSR count). The summed E-state index contributed by atoms with van der Waals surface area (Å²) in [7, 11) is 0. The van der Waals surface area contributed by atoms with Gasteiger partial charge in [0.15, 0.2) is 0 Å². The number of hydrogen-bond donors (Lipinski definition) is 1. The molecule has 1 N–H and O–H groups in total. The molecule has 0 aromatic heterocycles. The van der Waals surface area contributed by atoms with Gasteiger partial charge in [-0.15, -0.1) is 0 Å². The molecule has 0 aromatic rings. The van der Waals surface area contributed by atoms with Crippen LogP contribution in [0.2, 0.25) is 0 Å². The minimum atomic E-state index is -0.0707.